The van der Waals surface area contributed by atoms with E-state index in [9.17, 15) is 13.2 Å². The zero-order chi connectivity index (χ0) is 18.2. The Kier molecular flexibility index (Phi) is 4.75. The second-order valence-electron chi connectivity index (χ2n) is 6.47. The van der Waals surface area contributed by atoms with Crippen molar-refractivity contribution >= 4 is 38.9 Å². The average Bonchev–Trinajstić information content (AvgIpc) is 2.84. The van der Waals surface area contributed by atoms with E-state index in [-0.39, 0.29) is 23.5 Å². The number of rotatable bonds is 5. The Morgan fingerprint density at radius 2 is 1.92 bits per heavy atom. The summed E-state index contributed by atoms with van der Waals surface area (Å²) in [6, 6.07) is 11.9. The highest BCUT2D eigenvalue weighted by Crippen LogP contribution is 2.38. The number of hydrogen-bond donors (Lipinski definition) is 2. The smallest absolute Gasteiger partial charge is 0.236 e. The summed E-state index contributed by atoms with van der Waals surface area (Å²) in [6.45, 7) is 3.93. The molecule has 5 nitrogen and oxygen atoms in total. The zero-order valence-electron chi connectivity index (χ0n) is 13.9. The summed E-state index contributed by atoms with van der Waals surface area (Å²) in [5, 5.41) is 3.25. The van der Waals surface area contributed by atoms with Crippen molar-refractivity contribution in [3.8, 4) is 0 Å². The first kappa shape index (κ1) is 17.8. The molecule has 1 heterocycles. The van der Waals surface area contributed by atoms with Crippen molar-refractivity contribution in [2.24, 2.45) is 5.92 Å². The minimum Gasteiger partial charge on any atom is -0.325 e. The number of halogens is 1. The predicted molar refractivity (Wildman–Crippen MR) is 100 cm³/mol. The number of nitrogens with one attached hydrogen (secondary N) is 2. The summed E-state index contributed by atoms with van der Waals surface area (Å²) in [7, 11) is -3.62. The lowest BCUT2D eigenvalue weighted by Gasteiger charge is -2.14. The molecule has 2 aromatic carbocycles. The fourth-order valence-corrected chi connectivity index (χ4v) is 4.55. The maximum atomic E-state index is 12.4. The summed E-state index contributed by atoms with van der Waals surface area (Å²) >= 11 is 6.04. The van der Waals surface area contributed by atoms with Gasteiger partial charge in [-0.2, -0.15) is 0 Å². The first-order valence-electron chi connectivity index (χ1n) is 7.95. The van der Waals surface area contributed by atoms with E-state index >= 15 is 0 Å². The van der Waals surface area contributed by atoms with Crippen molar-refractivity contribution in [2.45, 2.75) is 25.5 Å². The van der Waals surface area contributed by atoms with E-state index in [1.54, 1.807) is 42.5 Å². The number of carbonyl (C=O) groups is 1. The molecule has 3 rings (SSSR count). The third kappa shape index (κ3) is 3.80. The molecule has 2 aromatic rings. The largest absolute Gasteiger partial charge is 0.325 e. The van der Waals surface area contributed by atoms with Crippen molar-refractivity contribution in [3.05, 3.63) is 58.6 Å². The molecule has 7 heteroatoms. The minimum atomic E-state index is -3.62. The maximum absolute atomic E-state index is 12.4. The number of benzene rings is 2. The molecule has 1 aliphatic rings. The highest BCUT2D eigenvalue weighted by Gasteiger charge is 2.33. The van der Waals surface area contributed by atoms with E-state index in [1.165, 1.54) is 0 Å². The van der Waals surface area contributed by atoms with E-state index in [0.29, 0.717) is 16.3 Å². The van der Waals surface area contributed by atoms with Crippen LogP contribution in [0.5, 0.6) is 0 Å². The lowest BCUT2D eigenvalue weighted by atomic mass is 9.89. The molecule has 1 amide bonds. The molecule has 1 unspecified atom stereocenters. The van der Waals surface area contributed by atoms with Crippen LogP contribution < -0.4 is 10.0 Å². The van der Waals surface area contributed by atoms with Gasteiger partial charge in [0.05, 0.1) is 11.7 Å². The second-order valence-corrected chi connectivity index (χ2v) is 8.60. The quantitative estimate of drug-likeness (QED) is 0.826. The van der Waals surface area contributed by atoms with E-state index in [0.717, 1.165) is 11.3 Å². The van der Waals surface area contributed by atoms with E-state index in [1.807, 2.05) is 13.8 Å². The molecule has 0 saturated carbocycles. The summed E-state index contributed by atoms with van der Waals surface area (Å²) in [5.41, 5.74) is 2.53. The van der Waals surface area contributed by atoms with E-state index in [4.69, 9.17) is 11.6 Å². The van der Waals surface area contributed by atoms with Gasteiger partial charge in [0.1, 0.15) is 0 Å². The Balaban J connectivity index is 1.84. The van der Waals surface area contributed by atoms with Crippen LogP contribution in [0.2, 0.25) is 5.02 Å². The Morgan fingerprint density at radius 3 is 2.60 bits per heavy atom. The van der Waals surface area contributed by atoms with Gasteiger partial charge in [-0.05, 0) is 41.3 Å². The Bertz CT molecular complexity index is 926. The first-order valence-corrected chi connectivity index (χ1v) is 9.98. The molecular formula is C18H19ClN2O3S. The first-order chi connectivity index (χ1) is 11.8. The van der Waals surface area contributed by atoms with Crippen molar-refractivity contribution < 1.29 is 13.2 Å². The molecule has 0 spiro atoms. The number of amides is 1. The molecule has 0 saturated heterocycles. The van der Waals surface area contributed by atoms with Gasteiger partial charge >= 0.3 is 0 Å². The van der Waals surface area contributed by atoms with E-state index < -0.39 is 10.0 Å². The molecule has 132 valence electrons. The third-order valence-corrected chi connectivity index (χ3v) is 5.78. The Morgan fingerprint density at radius 1 is 1.20 bits per heavy atom. The van der Waals surface area contributed by atoms with Crippen LogP contribution >= 0.6 is 11.6 Å². The van der Waals surface area contributed by atoms with Crippen molar-refractivity contribution in [2.75, 3.05) is 10.0 Å². The van der Waals surface area contributed by atoms with E-state index in [2.05, 4.69) is 10.0 Å². The summed E-state index contributed by atoms with van der Waals surface area (Å²) in [6.07, 6.45) is 0. The Hall–Kier alpha value is -2.05. The molecule has 2 N–H and O–H groups in total. The van der Waals surface area contributed by atoms with Crippen LogP contribution in [0.3, 0.4) is 0 Å². The van der Waals surface area contributed by atoms with Gasteiger partial charge in [0.15, 0.2) is 0 Å². The van der Waals surface area contributed by atoms with Crippen molar-refractivity contribution in [1.29, 1.82) is 0 Å². The topological polar surface area (TPSA) is 75.3 Å². The average molecular weight is 379 g/mol. The standard InChI is InChI=1S/C18H19ClN2O3S/c1-11(2)17-14-9-13(7-8-16(14)20-18(17)22)21-25(23,24)10-12-5-3-4-6-15(12)19/h3-9,11,17,21H,10H2,1-2H3,(H,20,22). The van der Waals surface area contributed by atoms with Crippen LogP contribution in [-0.2, 0) is 20.6 Å². The van der Waals surface area contributed by atoms with Crippen molar-refractivity contribution in [1.82, 2.24) is 0 Å². The lowest BCUT2D eigenvalue weighted by Crippen LogP contribution is -2.17. The van der Waals surface area contributed by atoms with Gasteiger partial charge in [-0.3, -0.25) is 9.52 Å². The predicted octanol–water partition coefficient (Wildman–Crippen LogP) is 3.97. The van der Waals surface area contributed by atoms with Gasteiger partial charge in [-0.1, -0.05) is 43.6 Å². The number of hydrogen-bond acceptors (Lipinski definition) is 3. The van der Waals surface area contributed by atoms with Crippen LogP contribution in [-0.4, -0.2) is 14.3 Å². The van der Waals surface area contributed by atoms with Gasteiger partial charge in [0.2, 0.25) is 15.9 Å². The lowest BCUT2D eigenvalue weighted by molar-refractivity contribution is -0.117. The monoisotopic (exact) mass is 378 g/mol. The second kappa shape index (κ2) is 6.69. The highest BCUT2D eigenvalue weighted by molar-refractivity contribution is 7.91. The number of sulfonamides is 1. The van der Waals surface area contributed by atoms with Crippen LogP contribution in [0.4, 0.5) is 11.4 Å². The highest BCUT2D eigenvalue weighted by atomic mass is 35.5. The molecular weight excluding hydrogens is 360 g/mol. The van der Waals surface area contributed by atoms with Crippen molar-refractivity contribution in [3.63, 3.8) is 0 Å². The van der Waals surface area contributed by atoms with Gasteiger partial charge in [-0.25, -0.2) is 8.42 Å². The summed E-state index contributed by atoms with van der Waals surface area (Å²) in [5.74, 6) is -0.422. The SMILES string of the molecule is CC(C)C1C(=O)Nc2ccc(NS(=O)(=O)Cc3ccccc3Cl)cc21. The summed E-state index contributed by atoms with van der Waals surface area (Å²) < 4.78 is 27.5. The maximum Gasteiger partial charge on any atom is 0.236 e. The van der Waals surface area contributed by atoms with Crippen LogP contribution in [0.1, 0.15) is 30.9 Å². The fourth-order valence-electron chi connectivity index (χ4n) is 3.05. The van der Waals surface area contributed by atoms with Crippen LogP contribution in [0, 0.1) is 5.92 Å². The molecule has 25 heavy (non-hydrogen) atoms. The fraction of sp³-hybridized carbons (Fsp3) is 0.278. The number of carbonyl (C=O) groups excluding carboxylic acids is 1. The van der Waals surface area contributed by atoms with Gasteiger partial charge < -0.3 is 5.32 Å². The molecule has 0 aromatic heterocycles. The molecule has 0 aliphatic carbocycles. The molecule has 1 aliphatic heterocycles. The van der Waals surface area contributed by atoms with Gasteiger partial charge in [-0.15, -0.1) is 0 Å². The Labute approximate surface area is 152 Å². The molecule has 0 bridgehead atoms. The van der Waals surface area contributed by atoms with Crippen LogP contribution in [0.25, 0.3) is 0 Å². The van der Waals surface area contributed by atoms with Crippen LogP contribution in [0.15, 0.2) is 42.5 Å². The molecule has 0 radical (unpaired) electrons. The minimum absolute atomic E-state index is 0.0546. The normalized spacial score (nSPS) is 16.6. The molecule has 0 fully saturated rings. The number of anilines is 2. The number of fused-ring (bicyclic) bond motifs is 1. The molecule has 1 atom stereocenters. The van der Waals surface area contributed by atoms with Gasteiger partial charge in [0, 0.05) is 16.4 Å². The zero-order valence-corrected chi connectivity index (χ0v) is 15.5. The third-order valence-electron chi connectivity index (χ3n) is 4.17. The summed E-state index contributed by atoms with van der Waals surface area (Å²) in [4.78, 5) is 12.1. The van der Waals surface area contributed by atoms with Gasteiger partial charge in [0.25, 0.3) is 0 Å².